The van der Waals surface area contributed by atoms with Gasteiger partial charge in [-0.3, -0.25) is 19.3 Å². The summed E-state index contributed by atoms with van der Waals surface area (Å²) in [6, 6.07) is 10.6. The Hall–Kier alpha value is -4.32. The van der Waals surface area contributed by atoms with Gasteiger partial charge in [0.2, 0.25) is 5.91 Å². The van der Waals surface area contributed by atoms with E-state index in [1.54, 1.807) is 42.5 Å². The van der Waals surface area contributed by atoms with Crippen LogP contribution in [0.25, 0.3) is 0 Å². The van der Waals surface area contributed by atoms with Crippen LogP contribution < -0.4 is 35.9 Å². The number of carbonyl (C=O) groups is 3. The average Bonchev–Trinajstić information content (AvgIpc) is 3.33. The molecule has 0 aliphatic carbocycles. The Morgan fingerprint density at radius 2 is 1.73 bits per heavy atom. The molecule has 0 radical (unpaired) electrons. The fraction of sp³-hybridized carbons (Fsp3) is 0.357. The van der Waals surface area contributed by atoms with E-state index in [-0.39, 0.29) is 27.7 Å². The first-order valence-corrected chi connectivity index (χ1v) is 13.5. The third-order valence-electron chi connectivity index (χ3n) is 6.06. The Balaban J connectivity index is 2.24. The number of methoxy groups -OCH3 is 2. The number of nitrogens with zero attached hydrogens (tertiary/aromatic N) is 2. The highest BCUT2D eigenvalue weighted by Gasteiger charge is 2.37. The molecule has 12 heteroatoms. The molecular formula is C28H35N5O6S. The summed E-state index contributed by atoms with van der Waals surface area (Å²) in [5.74, 6) is -0.220. The average molecular weight is 570 g/mol. The van der Waals surface area contributed by atoms with Crippen LogP contribution in [-0.2, 0) is 4.79 Å². The summed E-state index contributed by atoms with van der Waals surface area (Å²) in [6.07, 6.45) is 0.741. The van der Waals surface area contributed by atoms with Crippen LogP contribution in [0, 0.1) is 5.92 Å². The molecule has 1 aromatic heterocycles. The predicted octanol–water partition coefficient (Wildman–Crippen LogP) is 3.79. The van der Waals surface area contributed by atoms with Gasteiger partial charge in [-0.15, -0.1) is 0 Å². The van der Waals surface area contributed by atoms with E-state index in [1.807, 2.05) is 6.92 Å². The number of ether oxygens (including phenoxy) is 3. The van der Waals surface area contributed by atoms with Gasteiger partial charge in [0.25, 0.3) is 11.8 Å². The van der Waals surface area contributed by atoms with Crippen LogP contribution in [0.5, 0.6) is 17.2 Å². The lowest BCUT2D eigenvalue weighted by Gasteiger charge is -2.32. The summed E-state index contributed by atoms with van der Waals surface area (Å²) in [7, 11) is 2.95. The van der Waals surface area contributed by atoms with Crippen molar-refractivity contribution in [1.29, 1.82) is 0 Å². The number of anilines is 2. The van der Waals surface area contributed by atoms with Gasteiger partial charge in [-0.25, -0.2) is 0 Å². The third kappa shape index (κ3) is 6.81. The Kier molecular flexibility index (Phi) is 10.3. The molecule has 0 bridgehead atoms. The molecule has 2 aromatic carbocycles. The number of hydrogen-bond acceptors (Lipinski definition) is 9. The molecule has 1 atom stereocenters. The molecule has 0 aliphatic heterocycles. The van der Waals surface area contributed by atoms with E-state index in [4.69, 9.17) is 25.7 Å². The van der Waals surface area contributed by atoms with E-state index in [0.29, 0.717) is 36.1 Å². The van der Waals surface area contributed by atoms with Gasteiger partial charge < -0.3 is 31.0 Å². The molecule has 0 saturated heterocycles. The van der Waals surface area contributed by atoms with Gasteiger partial charge in [-0.1, -0.05) is 26.0 Å². The summed E-state index contributed by atoms with van der Waals surface area (Å²) in [6.45, 7) is 6.85. The number of nitrogens with two attached hydrogens (primary N) is 2. The fourth-order valence-corrected chi connectivity index (χ4v) is 4.74. The predicted molar refractivity (Wildman–Crippen MR) is 154 cm³/mol. The molecular weight excluding hydrogens is 534 g/mol. The van der Waals surface area contributed by atoms with Crippen molar-refractivity contribution in [2.75, 3.05) is 38.0 Å². The van der Waals surface area contributed by atoms with Gasteiger partial charge in [-0.2, -0.15) is 4.37 Å². The van der Waals surface area contributed by atoms with Gasteiger partial charge in [0.05, 0.1) is 32.2 Å². The number of primary amides is 1. The van der Waals surface area contributed by atoms with Crippen molar-refractivity contribution in [2.45, 2.75) is 33.2 Å². The number of hydrogen-bond donors (Lipinski definition) is 3. The number of nitrogen functional groups attached to an aromatic ring is 1. The van der Waals surface area contributed by atoms with Crippen molar-refractivity contribution in [3.63, 3.8) is 0 Å². The first-order valence-electron chi connectivity index (χ1n) is 12.7. The van der Waals surface area contributed by atoms with Crippen LogP contribution >= 0.6 is 11.5 Å². The van der Waals surface area contributed by atoms with Crippen molar-refractivity contribution in [1.82, 2.24) is 9.69 Å². The second-order valence-electron chi connectivity index (χ2n) is 9.23. The van der Waals surface area contributed by atoms with Crippen LogP contribution in [0.3, 0.4) is 0 Å². The number of rotatable bonds is 13. The Morgan fingerprint density at radius 3 is 2.27 bits per heavy atom. The topological polar surface area (TPSA) is 159 Å². The first-order chi connectivity index (χ1) is 19.1. The van der Waals surface area contributed by atoms with E-state index in [2.05, 4.69) is 23.5 Å². The maximum absolute atomic E-state index is 14.3. The molecule has 40 heavy (non-hydrogen) atoms. The van der Waals surface area contributed by atoms with Gasteiger partial charge >= 0.3 is 0 Å². The zero-order valence-electron chi connectivity index (χ0n) is 23.2. The van der Waals surface area contributed by atoms with Crippen LogP contribution in [0.15, 0.2) is 42.5 Å². The molecule has 0 saturated carbocycles. The molecule has 3 amide bonds. The highest BCUT2D eigenvalue weighted by molar-refractivity contribution is 7.09. The molecule has 3 rings (SSSR count). The lowest BCUT2D eigenvalue weighted by Crippen LogP contribution is -2.44. The molecule has 0 unspecified atom stereocenters. The standard InChI is InChI=1S/C28H35N5O6S/c1-6-39-18-9-7-17(8-10-18)24(27(35)31-14-13-16(2)3)33(20-12-11-19(37-4)15-21(20)38-5)28(36)25-22(29)23(26(30)34)32-40-25/h7-12,15-16,24H,6,13-14,29H2,1-5H3,(H2,30,34)(H,31,35)/t24-/m1/s1. The second-order valence-corrected chi connectivity index (χ2v) is 10.0. The summed E-state index contributed by atoms with van der Waals surface area (Å²) in [5.41, 5.74) is 12.0. The Labute approximate surface area is 237 Å². The smallest absolute Gasteiger partial charge is 0.273 e. The number of carbonyl (C=O) groups excluding carboxylic acids is 3. The molecule has 1 heterocycles. The largest absolute Gasteiger partial charge is 0.497 e. The number of aromatic nitrogens is 1. The molecule has 5 N–H and O–H groups in total. The normalized spacial score (nSPS) is 11.6. The van der Waals surface area contributed by atoms with E-state index in [9.17, 15) is 14.4 Å². The van der Waals surface area contributed by atoms with Gasteiger partial charge in [0.15, 0.2) is 5.69 Å². The number of benzene rings is 2. The lowest BCUT2D eigenvalue weighted by molar-refractivity contribution is -0.122. The van der Waals surface area contributed by atoms with Crippen LogP contribution in [0.2, 0.25) is 0 Å². The van der Waals surface area contributed by atoms with Crippen molar-refractivity contribution >= 4 is 40.6 Å². The Morgan fingerprint density at radius 1 is 1.05 bits per heavy atom. The minimum atomic E-state index is -1.16. The minimum Gasteiger partial charge on any atom is -0.497 e. The summed E-state index contributed by atoms with van der Waals surface area (Å²) in [5, 5.41) is 2.96. The zero-order chi connectivity index (χ0) is 29.4. The van der Waals surface area contributed by atoms with E-state index in [0.717, 1.165) is 18.0 Å². The van der Waals surface area contributed by atoms with Crippen LogP contribution in [-0.4, -0.2) is 49.5 Å². The molecule has 0 spiro atoms. The molecule has 3 aromatic rings. The quantitative estimate of drug-likeness (QED) is 0.280. The van der Waals surface area contributed by atoms with Crippen LogP contribution in [0.4, 0.5) is 11.4 Å². The molecule has 11 nitrogen and oxygen atoms in total. The van der Waals surface area contributed by atoms with Crippen molar-refractivity contribution < 1.29 is 28.6 Å². The third-order valence-corrected chi connectivity index (χ3v) is 6.91. The van der Waals surface area contributed by atoms with E-state index in [1.165, 1.54) is 19.1 Å². The zero-order valence-corrected chi connectivity index (χ0v) is 24.0. The number of nitrogens with one attached hydrogen (secondary N) is 1. The summed E-state index contributed by atoms with van der Waals surface area (Å²) < 4.78 is 20.5. The maximum atomic E-state index is 14.3. The molecule has 214 valence electrons. The van der Waals surface area contributed by atoms with Crippen molar-refractivity contribution in [3.8, 4) is 17.2 Å². The SMILES string of the molecule is CCOc1ccc([C@H](C(=O)NCCC(C)C)N(C(=O)c2snc(C(N)=O)c2N)c2ccc(OC)cc2OC)cc1. The lowest BCUT2D eigenvalue weighted by atomic mass is 10.0. The first kappa shape index (κ1) is 30.2. The summed E-state index contributed by atoms with van der Waals surface area (Å²) >= 11 is 0.728. The van der Waals surface area contributed by atoms with E-state index < -0.39 is 23.8 Å². The minimum absolute atomic E-state index is 0.0439. The second kappa shape index (κ2) is 13.7. The molecule has 0 fully saturated rings. The van der Waals surface area contributed by atoms with Gasteiger partial charge in [0, 0.05) is 12.6 Å². The van der Waals surface area contributed by atoms with Gasteiger partial charge in [-0.05, 0) is 60.6 Å². The number of amides is 3. The monoisotopic (exact) mass is 569 g/mol. The highest BCUT2D eigenvalue weighted by Crippen LogP contribution is 2.40. The fourth-order valence-electron chi connectivity index (χ4n) is 4.00. The Bertz CT molecular complexity index is 1340. The van der Waals surface area contributed by atoms with Crippen molar-refractivity contribution in [3.05, 3.63) is 58.6 Å². The summed E-state index contributed by atoms with van der Waals surface area (Å²) in [4.78, 5) is 41.2. The van der Waals surface area contributed by atoms with Crippen LogP contribution in [0.1, 0.15) is 59.0 Å². The van der Waals surface area contributed by atoms with Crippen molar-refractivity contribution in [2.24, 2.45) is 11.7 Å². The van der Waals surface area contributed by atoms with E-state index >= 15 is 0 Å². The van der Waals surface area contributed by atoms with Gasteiger partial charge in [0.1, 0.15) is 28.2 Å². The maximum Gasteiger partial charge on any atom is 0.273 e. The highest BCUT2D eigenvalue weighted by atomic mass is 32.1. The molecule has 0 aliphatic rings.